The van der Waals surface area contributed by atoms with Crippen LogP contribution in [0.15, 0.2) is 67.0 Å². The Kier molecular flexibility index (Phi) is 7.76. The van der Waals surface area contributed by atoms with E-state index in [1.807, 2.05) is 0 Å². The minimum Gasteiger partial charge on any atom is -0.480 e. The summed E-state index contributed by atoms with van der Waals surface area (Å²) in [5.41, 5.74) is -1.44. The quantitative estimate of drug-likeness (QED) is 0.359. The Bertz CT molecular complexity index is 1560. The summed E-state index contributed by atoms with van der Waals surface area (Å²) in [6, 6.07) is 13.4. The Morgan fingerprint density at radius 3 is 2.19 bits per heavy atom. The van der Waals surface area contributed by atoms with Crippen LogP contribution in [-0.2, 0) is 27.7 Å². The number of nitrogens with zero attached hydrogens (tertiary/aromatic N) is 5. The van der Waals surface area contributed by atoms with Crippen molar-refractivity contribution in [1.29, 1.82) is 0 Å². The van der Waals surface area contributed by atoms with Crippen LogP contribution in [-0.4, -0.2) is 87.2 Å². The molecule has 2 aromatic carbocycles. The van der Waals surface area contributed by atoms with E-state index < -0.39 is 45.3 Å². The van der Waals surface area contributed by atoms with Crippen molar-refractivity contribution in [2.45, 2.75) is 30.6 Å². The molecule has 5 rings (SSSR count). The molecule has 3 aromatic rings. The molecule has 15 heteroatoms. The second-order valence-electron chi connectivity index (χ2n) is 10.2. The lowest BCUT2D eigenvalue weighted by Crippen LogP contribution is -2.58. The molecular weight excluding hydrogens is 579 g/mol. The zero-order valence-corrected chi connectivity index (χ0v) is 23.0. The van der Waals surface area contributed by atoms with Gasteiger partial charge in [-0.15, -0.1) is 0 Å². The molecule has 2 fully saturated rings. The van der Waals surface area contributed by atoms with E-state index in [2.05, 4.69) is 5.10 Å². The van der Waals surface area contributed by atoms with E-state index in [0.29, 0.717) is 11.3 Å². The molecule has 1 aliphatic heterocycles. The molecule has 1 aromatic heterocycles. The zero-order valence-electron chi connectivity index (χ0n) is 22.2. The van der Waals surface area contributed by atoms with Gasteiger partial charge in [0.2, 0.25) is 0 Å². The Labute approximate surface area is 239 Å². The van der Waals surface area contributed by atoms with Crippen molar-refractivity contribution in [3.05, 3.63) is 83.7 Å². The van der Waals surface area contributed by atoms with Crippen LogP contribution in [0.5, 0.6) is 0 Å². The molecule has 224 valence electrons. The molecule has 11 nitrogen and oxygen atoms in total. The molecule has 0 unspecified atom stereocenters. The molecule has 0 amide bonds. The summed E-state index contributed by atoms with van der Waals surface area (Å²) >= 11 is 0. The summed E-state index contributed by atoms with van der Waals surface area (Å²) < 4.78 is 70.5. The number of anilines is 1. The summed E-state index contributed by atoms with van der Waals surface area (Å²) in [6.45, 7) is -0.0388. The van der Waals surface area contributed by atoms with Gasteiger partial charge in [0.15, 0.2) is 0 Å². The summed E-state index contributed by atoms with van der Waals surface area (Å²) in [6.07, 6.45) is -2.05. The molecule has 0 bridgehead atoms. The molecule has 1 aliphatic carbocycles. The highest BCUT2D eigenvalue weighted by Crippen LogP contribution is 2.57. The smallest absolute Gasteiger partial charge is 0.416 e. The number of aromatic nitrogens is 2. The zero-order chi connectivity index (χ0) is 30.3. The van der Waals surface area contributed by atoms with Crippen molar-refractivity contribution in [2.75, 3.05) is 37.6 Å². The maximum atomic E-state index is 14.1. The van der Waals surface area contributed by atoms with Gasteiger partial charge in [-0.05, 0) is 36.2 Å². The van der Waals surface area contributed by atoms with Gasteiger partial charge in [-0.1, -0.05) is 30.3 Å². The monoisotopic (exact) mass is 607 g/mol. The van der Waals surface area contributed by atoms with E-state index in [-0.39, 0.29) is 51.3 Å². The summed E-state index contributed by atoms with van der Waals surface area (Å²) in [7, 11) is -4.36. The third-order valence-corrected chi connectivity index (χ3v) is 9.85. The number of carboxylic acid groups (broad SMARTS) is 2. The first-order valence-corrected chi connectivity index (χ1v) is 14.5. The van der Waals surface area contributed by atoms with E-state index in [1.165, 1.54) is 27.3 Å². The molecule has 2 heterocycles. The van der Waals surface area contributed by atoms with Gasteiger partial charge in [0, 0.05) is 50.5 Å². The Morgan fingerprint density at radius 2 is 1.64 bits per heavy atom. The van der Waals surface area contributed by atoms with Gasteiger partial charge in [0.05, 0.1) is 23.9 Å². The van der Waals surface area contributed by atoms with Crippen LogP contribution >= 0.6 is 0 Å². The van der Waals surface area contributed by atoms with Crippen LogP contribution < -0.4 is 4.90 Å². The van der Waals surface area contributed by atoms with Gasteiger partial charge in [0.1, 0.15) is 5.54 Å². The highest BCUT2D eigenvalue weighted by molar-refractivity contribution is 7.86. The molecule has 1 saturated carbocycles. The SMILES string of the molecule is O=C(O)c1cnn(CCN([C@]2(C(=O)O)C[C@H]2c2ccccc2)S(=O)(=O)N2CCN(c3ccc(C(F)(F)F)cc3)CC2)c1. The number of benzene rings is 2. The van der Waals surface area contributed by atoms with Gasteiger partial charge in [0.25, 0.3) is 10.2 Å². The molecule has 2 N–H and O–H groups in total. The van der Waals surface area contributed by atoms with Crippen molar-refractivity contribution in [3.8, 4) is 0 Å². The van der Waals surface area contributed by atoms with Crippen LogP contribution in [0.3, 0.4) is 0 Å². The van der Waals surface area contributed by atoms with Crippen molar-refractivity contribution >= 4 is 27.8 Å². The van der Waals surface area contributed by atoms with Gasteiger partial charge in [-0.25, -0.2) is 4.79 Å². The van der Waals surface area contributed by atoms with Crippen molar-refractivity contribution in [2.24, 2.45) is 0 Å². The number of piperazine rings is 1. The molecule has 2 atom stereocenters. The van der Waals surface area contributed by atoms with Crippen LogP contribution in [0.25, 0.3) is 0 Å². The minimum absolute atomic E-state index is 0.0174. The standard InChI is InChI=1S/C27H28F3N5O6S/c28-27(29,30)21-6-8-22(9-7-21)32-10-13-34(14-11-32)42(40,41)35(15-12-33-18-20(17-31-33)24(36)37)26(25(38)39)16-23(26)19-4-2-1-3-5-19/h1-9,17-18,23H,10-16H2,(H,36,37)(H,38,39)/t23-,26+/m0/s1. The topological polar surface area (TPSA) is 136 Å². The number of hydrogen-bond acceptors (Lipinski definition) is 6. The number of rotatable bonds is 10. The van der Waals surface area contributed by atoms with Crippen LogP contribution in [0.1, 0.15) is 33.8 Å². The maximum absolute atomic E-state index is 14.1. The fraction of sp³-hybridized carbons (Fsp3) is 0.370. The van der Waals surface area contributed by atoms with Gasteiger partial charge >= 0.3 is 18.1 Å². The van der Waals surface area contributed by atoms with Crippen molar-refractivity contribution < 1.29 is 41.4 Å². The first-order chi connectivity index (χ1) is 19.8. The average Bonchev–Trinajstić information content (AvgIpc) is 3.53. The number of alkyl halides is 3. The first kappa shape index (κ1) is 29.5. The Morgan fingerprint density at radius 1 is 1.00 bits per heavy atom. The summed E-state index contributed by atoms with van der Waals surface area (Å²) in [4.78, 5) is 25.8. The van der Waals surface area contributed by atoms with Gasteiger partial charge < -0.3 is 15.1 Å². The minimum atomic E-state index is -4.47. The Hall–Kier alpha value is -3.95. The summed E-state index contributed by atoms with van der Waals surface area (Å²) in [5.74, 6) is -3.10. The highest BCUT2D eigenvalue weighted by atomic mass is 32.2. The van der Waals surface area contributed by atoms with Crippen LogP contribution in [0.4, 0.5) is 18.9 Å². The van der Waals surface area contributed by atoms with Gasteiger partial charge in [-0.2, -0.15) is 35.3 Å². The predicted molar refractivity (Wildman–Crippen MR) is 144 cm³/mol. The van der Waals surface area contributed by atoms with E-state index in [9.17, 15) is 41.4 Å². The number of aromatic carboxylic acids is 1. The van der Waals surface area contributed by atoms with Crippen molar-refractivity contribution in [3.63, 3.8) is 0 Å². The number of carboxylic acids is 2. The van der Waals surface area contributed by atoms with E-state index >= 15 is 0 Å². The van der Waals surface area contributed by atoms with Gasteiger partial charge in [-0.3, -0.25) is 9.48 Å². The second-order valence-corrected chi connectivity index (χ2v) is 12.1. The average molecular weight is 608 g/mol. The normalized spacial score (nSPS) is 21.4. The summed E-state index contributed by atoms with van der Waals surface area (Å²) in [5, 5.41) is 23.6. The Balaban J connectivity index is 1.39. The molecule has 0 radical (unpaired) electrons. The first-order valence-electron chi connectivity index (χ1n) is 13.1. The van der Waals surface area contributed by atoms with E-state index in [0.717, 1.165) is 22.6 Å². The number of carbonyl (C=O) groups is 2. The third kappa shape index (κ3) is 5.58. The predicted octanol–water partition coefficient (Wildman–Crippen LogP) is 2.98. The number of halogens is 3. The van der Waals surface area contributed by atoms with Crippen molar-refractivity contribution in [1.82, 2.24) is 18.4 Å². The maximum Gasteiger partial charge on any atom is 0.416 e. The van der Waals surface area contributed by atoms with Crippen LogP contribution in [0.2, 0.25) is 0 Å². The fourth-order valence-electron chi connectivity index (χ4n) is 5.44. The lowest BCUT2D eigenvalue weighted by atomic mass is 10.1. The molecule has 0 spiro atoms. The second kappa shape index (κ2) is 11.0. The number of aliphatic carboxylic acids is 1. The molecule has 42 heavy (non-hydrogen) atoms. The number of hydrogen-bond donors (Lipinski definition) is 2. The molecule has 2 aliphatic rings. The fourth-order valence-corrected chi connectivity index (χ4v) is 7.35. The molecular formula is C27H28F3N5O6S. The molecule has 1 saturated heterocycles. The van der Waals surface area contributed by atoms with E-state index in [1.54, 1.807) is 35.2 Å². The lowest BCUT2D eigenvalue weighted by Gasteiger charge is -2.39. The lowest BCUT2D eigenvalue weighted by molar-refractivity contribution is -0.143. The largest absolute Gasteiger partial charge is 0.480 e. The third-order valence-electron chi connectivity index (χ3n) is 7.76. The highest BCUT2D eigenvalue weighted by Gasteiger charge is 2.68. The van der Waals surface area contributed by atoms with E-state index in [4.69, 9.17) is 0 Å². The van der Waals surface area contributed by atoms with Crippen LogP contribution in [0, 0.1) is 0 Å².